The summed E-state index contributed by atoms with van der Waals surface area (Å²) in [6, 6.07) is 0. The fourth-order valence-corrected chi connectivity index (χ4v) is 3.00. The van der Waals surface area contributed by atoms with Crippen molar-refractivity contribution in [2.75, 3.05) is 13.7 Å². The largest absolute Gasteiger partial charge is 0.497 e. The second kappa shape index (κ2) is 9.40. The smallest absolute Gasteiger partial charge is 0.302 e. The third kappa shape index (κ3) is 6.28. The number of hydrogen-bond donors (Lipinski definition) is 0. The van der Waals surface area contributed by atoms with Crippen molar-refractivity contribution in [1.82, 2.24) is 0 Å². The van der Waals surface area contributed by atoms with E-state index in [0.29, 0.717) is 22.8 Å². The molecule has 146 valence electrons. The Kier molecular flexibility index (Phi) is 7.83. The summed E-state index contributed by atoms with van der Waals surface area (Å²) >= 11 is 0. The standard InChI is InChI=1S/C24H32O3/c1-16-10-11-24(8,14-16)19(4)12-17(2)20(5)18(3)13-23(21(6)26-9)15-27-22(7)25/h10-13,16H,3-6,14-15H2,1-2,7-9H3/b17-12-,23-13-/t16?,24-/m0/s1. The number of methoxy groups -OCH3 is 1. The van der Waals surface area contributed by atoms with E-state index in [1.807, 2.05) is 6.92 Å². The molecule has 1 aliphatic carbocycles. The minimum atomic E-state index is -0.367. The van der Waals surface area contributed by atoms with Gasteiger partial charge in [-0.2, -0.15) is 0 Å². The molecule has 1 aliphatic rings. The van der Waals surface area contributed by atoms with E-state index in [4.69, 9.17) is 9.47 Å². The number of allylic oxidation sites excluding steroid dienone is 8. The van der Waals surface area contributed by atoms with E-state index in [9.17, 15) is 4.79 Å². The Hall–Kier alpha value is -2.55. The molecule has 0 saturated heterocycles. The summed E-state index contributed by atoms with van der Waals surface area (Å²) in [5.41, 5.74) is 4.16. The lowest BCUT2D eigenvalue weighted by Crippen LogP contribution is -2.13. The Labute approximate surface area is 164 Å². The molecular formula is C24H32O3. The SMILES string of the molecule is C=C(/C=C(/COC(C)=O)C(=C)OC)C(=C)/C(C)=C\C(=C)[C@@]1(C)C=CC(C)C1. The Morgan fingerprint density at radius 2 is 1.85 bits per heavy atom. The Morgan fingerprint density at radius 3 is 2.33 bits per heavy atom. The molecule has 0 aromatic carbocycles. The minimum absolute atomic E-state index is 0.0248. The molecule has 3 heteroatoms. The summed E-state index contributed by atoms with van der Waals surface area (Å²) in [5.74, 6) is 0.619. The van der Waals surface area contributed by atoms with E-state index < -0.39 is 0 Å². The van der Waals surface area contributed by atoms with Crippen LogP contribution < -0.4 is 0 Å². The molecule has 0 radical (unpaired) electrons. The van der Waals surface area contributed by atoms with Crippen LogP contribution in [0.15, 0.2) is 84.2 Å². The lowest BCUT2D eigenvalue weighted by atomic mass is 9.79. The summed E-state index contributed by atoms with van der Waals surface area (Å²) in [4.78, 5) is 11.1. The maximum Gasteiger partial charge on any atom is 0.302 e. The second-order valence-electron chi connectivity index (χ2n) is 7.39. The van der Waals surface area contributed by atoms with Crippen LogP contribution in [-0.2, 0) is 14.3 Å². The molecule has 0 aliphatic heterocycles. The number of carbonyl (C=O) groups is 1. The second-order valence-corrected chi connectivity index (χ2v) is 7.39. The van der Waals surface area contributed by atoms with Crippen molar-refractivity contribution in [3.63, 3.8) is 0 Å². The van der Waals surface area contributed by atoms with Crippen molar-refractivity contribution >= 4 is 5.97 Å². The fourth-order valence-electron chi connectivity index (χ4n) is 3.00. The first-order valence-corrected chi connectivity index (χ1v) is 9.03. The molecule has 0 heterocycles. The van der Waals surface area contributed by atoms with Gasteiger partial charge in [-0.25, -0.2) is 0 Å². The average Bonchev–Trinajstić information content (AvgIpc) is 2.96. The summed E-state index contributed by atoms with van der Waals surface area (Å²) in [6.07, 6.45) is 9.39. The molecule has 1 unspecified atom stereocenters. The first kappa shape index (κ1) is 22.5. The number of esters is 1. The molecule has 0 fully saturated rings. The summed E-state index contributed by atoms with van der Waals surface area (Å²) in [5, 5.41) is 0. The molecule has 0 spiro atoms. The molecule has 0 amide bonds. The highest BCUT2D eigenvalue weighted by Crippen LogP contribution is 2.41. The molecule has 0 bridgehead atoms. The maximum atomic E-state index is 11.1. The first-order chi connectivity index (χ1) is 12.5. The minimum Gasteiger partial charge on any atom is -0.497 e. The van der Waals surface area contributed by atoms with Crippen LogP contribution in [0.4, 0.5) is 0 Å². The van der Waals surface area contributed by atoms with Gasteiger partial charge in [-0.1, -0.05) is 58.4 Å². The van der Waals surface area contributed by atoms with E-state index in [-0.39, 0.29) is 18.0 Å². The van der Waals surface area contributed by atoms with Gasteiger partial charge in [0.2, 0.25) is 0 Å². The van der Waals surface area contributed by atoms with E-state index in [0.717, 1.165) is 23.1 Å². The van der Waals surface area contributed by atoms with Crippen molar-refractivity contribution in [1.29, 1.82) is 0 Å². The van der Waals surface area contributed by atoms with Crippen molar-refractivity contribution < 1.29 is 14.3 Å². The Balaban J connectivity index is 2.96. The van der Waals surface area contributed by atoms with E-state index in [1.165, 1.54) is 14.0 Å². The zero-order valence-electron chi connectivity index (χ0n) is 17.4. The zero-order chi connectivity index (χ0) is 20.8. The Morgan fingerprint density at radius 1 is 1.22 bits per heavy atom. The summed E-state index contributed by atoms with van der Waals surface area (Å²) < 4.78 is 10.2. The third-order valence-electron chi connectivity index (χ3n) is 4.91. The van der Waals surface area contributed by atoms with Crippen LogP contribution in [0.25, 0.3) is 0 Å². The summed E-state index contributed by atoms with van der Waals surface area (Å²) in [6.45, 7) is 24.2. The number of hydrogen-bond acceptors (Lipinski definition) is 3. The van der Waals surface area contributed by atoms with Crippen LogP contribution in [0, 0.1) is 11.3 Å². The molecule has 0 aromatic rings. The quantitative estimate of drug-likeness (QED) is 0.221. The molecule has 0 aromatic heterocycles. The highest BCUT2D eigenvalue weighted by Gasteiger charge is 2.29. The molecule has 3 nitrogen and oxygen atoms in total. The van der Waals surface area contributed by atoms with Gasteiger partial charge in [0.05, 0.1) is 7.11 Å². The predicted molar refractivity (Wildman–Crippen MR) is 113 cm³/mol. The van der Waals surface area contributed by atoms with Crippen molar-refractivity contribution in [2.45, 2.75) is 34.1 Å². The van der Waals surface area contributed by atoms with Gasteiger partial charge in [0, 0.05) is 17.9 Å². The normalized spacial score (nSPS) is 22.3. The van der Waals surface area contributed by atoms with Gasteiger partial charge >= 0.3 is 5.97 Å². The van der Waals surface area contributed by atoms with Gasteiger partial charge in [-0.05, 0) is 47.6 Å². The Bertz CT molecular complexity index is 746. The molecule has 1 rings (SSSR count). The summed E-state index contributed by atoms with van der Waals surface area (Å²) in [7, 11) is 1.52. The molecular weight excluding hydrogens is 336 g/mol. The molecule has 27 heavy (non-hydrogen) atoms. The van der Waals surface area contributed by atoms with Crippen LogP contribution in [0.3, 0.4) is 0 Å². The van der Waals surface area contributed by atoms with Crippen LogP contribution in [0.1, 0.15) is 34.1 Å². The van der Waals surface area contributed by atoms with Gasteiger partial charge < -0.3 is 9.47 Å². The van der Waals surface area contributed by atoms with Gasteiger partial charge in [0.1, 0.15) is 12.4 Å². The van der Waals surface area contributed by atoms with Crippen LogP contribution in [0.5, 0.6) is 0 Å². The lowest BCUT2D eigenvalue weighted by molar-refractivity contribution is -0.139. The number of carbonyl (C=O) groups excluding carboxylic acids is 1. The third-order valence-corrected chi connectivity index (χ3v) is 4.91. The van der Waals surface area contributed by atoms with Crippen LogP contribution in [0.2, 0.25) is 0 Å². The van der Waals surface area contributed by atoms with Crippen LogP contribution in [-0.4, -0.2) is 19.7 Å². The van der Waals surface area contributed by atoms with Gasteiger partial charge in [-0.3, -0.25) is 4.79 Å². The zero-order valence-corrected chi connectivity index (χ0v) is 17.4. The fraction of sp³-hybridized carbons (Fsp3) is 0.375. The number of rotatable bonds is 9. The highest BCUT2D eigenvalue weighted by molar-refractivity contribution is 5.66. The molecule has 0 N–H and O–H groups in total. The van der Waals surface area contributed by atoms with Crippen molar-refractivity contribution in [2.24, 2.45) is 11.3 Å². The molecule has 0 saturated carbocycles. The lowest BCUT2D eigenvalue weighted by Gasteiger charge is -2.24. The average molecular weight is 369 g/mol. The highest BCUT2D eigenvalue weighted by atomic mass is 16.5. The van der Waals surface area contributed by atoms with Gasteiger partial charge in [0.15, 0.2) is 0 Å². The van der Waals surface area contributed by atoms with Crippen molar-refractivity contribution in [3.05, 3.63) is 84.2 Å². The molecule has 2 atom stereocenters. The number of ether oxygens (including phenoxy) is 2. The monoisotopic (exact) mass is 368 g/mol. The van der Waals surface area contributed by atoms with Crippen molar-refractivity contribution in [3.8, 4) is 0 Å². The topological polar surface area (TPSA) is 35.5 Å². The maximum absolute atomic E-state index is 11.1. The predicted octanol–water partition coefficient (Wildman–Crippen LogP) is 5.85. The van der Waals surface area contributed by atoms with E-state index >= 15 is 0 Å². The van der Waals surface area contributed by atoms with Gasteiger partial charge in [0.25, 0.3) is 0 Å². The van der Waals surface area contributed by atoms with E-state index in [1.54, 1.807) is 6.08 Å². The van der Waals surface area contributed by atoms with Crippen LogP contribution >= 0.6 is 0 Å². The first-order valence-electron chi connectivity index (χ1n) is 9.03. The van der Waals surface area contributed by atoms with Gasteiger partial charge in [-0.15, -0.1) is 0 Å². The van der Waals surface area contributed by atoms with E-state index in [2.05, 4.69) is 58.4 Å².